The molecule has 0 bridgehead atoms. The molecule has 7 heteroatoms. The largest absolute Gasteiger partial charge is 0.466 e. The average Bonchev–Trinajstić information content (AvgIpc) is 3.75. The number of rotatable bonds is 43. The van der Waals surface area contributed by atoms with Gasteiger partial charge in [0.25, 0.3) is 0 Å². The molecule has 7 nitrogen and oxygen atoms in total. The lowest BCUT2D eigenvalue weighted by atomic mass is 9.91. The van der Waals surface area contributed by atoms with Gasteiger partial charge in [0.1, 0.15) is 0 Å². The van der Waals surface area contributed by atoms with Crippen molar-refractivity contribution in [3.63, 3.8) is 0 Å². The van der Waals surface area contributed by atoms with E-state index in [0.717, 1.165) is 95.9 Å². The second-order valence-electron chi connectivity index (χ2n) is 18.2. The summed E-state index contributed by atoms with van der Waals surface area (Å²) < 4.78 is 11.3. The molecule has 1 heterocycles. The minimum Gasteiger partial charge on any atom is -0.466 e. The molecule has 342 valence electrons. The number of hydrogen-bond acceptors (Lipinski definition) is 6. The zero-order chi connectivity index (χ0) is 42.2. The van der Waals surface area contributed by atoms with Gasteiger partial charge in [-0.25, -0.2) is 0 Å². The summed E-state index contributed by atoms with van der Waals surface area (Å²) in [6.07, 6.45) is 40.1. The maximum atomic E-state index is 13.3. The van der Waals surface area contributed by atoms with E-state index >= 15 is 0 Å². The number of likely N-dealkylation sites (tertiary alicyclic amines) is 1. The minimum atomic E-state index is -0.0701. The average molecular weight is 819 g/mol. The molecule has 0 unspecified atom stereocenters. The monoisotopic (exact) mass is 819 g/mol. The highest BCUT2D eigenvalue weighted by atomic mass is 16.5. The predicted octanol–water partition coefficient (Wildman–Crippen LogP) is 14.2. The van der Waals surface area contributed by atoms with Crippen LogP contribution in [0.2, 0.25) is 0 Å². The van der Waals surface area contributed by atoms with Crippen molar-refractivity contribution < 1.29 is 23.9 Å². The molecule has 0 atom stereocenters. The van der Waals surface area contributed by atoms with Crippen LogP contribution in [0.15, 0.2) is 0 Å². The van der Waals surface area contributed by atoms with Gasteiger partial charge in [-0.3, -0.25) is 14.4 Å². The molecule has 0 aromatic heterocycles. The zero-order valence-electron chi connectivity index (χ0n) is 39.3. The number of ether oxygens (including phenoxy) is 2. The second-order valence-corrected chi connectivity index (χ2v) is 18.2. The van der Waals surface area contributed by atoms with E-state index in [2.05, 4.69) is 37.5 Å². The van der Waals surface area contributed by atoms with E-state index in [4.69, 9.17) is 9.47 Å². The Morgan fingerprint density at radius 3 is 1.19 bits per heavy atom. The van der Waals surface area contributed by atoms with E-state index in [1.165, 1.54) is 154 Å². The third kappa shape index (κ3) is 33.1. The second kappa shape index (κ2) is 40.8. The van der Waals surface area contributed by atoms with Crippen LogP contribution in [-0.4, -0.2) is 73.6 Å². The van der Waals surface area contributed by atoms with E-state index in [-0.39, 0.29) is 17.8 Å². The summed E-state index contributed by atoms with van der Waals surface area (Å²) in [5, 5.41) is 0. The molecule has 0 radical (unpaired) electrons. The number of hydrogen-bond donors (Lipinski definition) is 0. The number of amides is 1. The van der Waals surface area contributed by atoms with E-state index in [0.29, 0.717) is 32.5 Å². The van der Waals surface area contributed by atoms with Gasteiger partial charge < -0.3 is 19.3 Å². The first-order valence-corrected chi connectivity index (χ1v) is 25.7. The molecular weight excluding hydrogens is 721 g/mol. The fraction of sp³-hybridized carbons (Fsp3) is 0.941. The van der Waals surface area contributed by atoms with E-state index in [1.54, 1.807) is 0 Å². The predicted molar refractivity (Wildman–Crippen MR) is 246 cm³/mol. The number of nitrogens with zero attached hydrogens (tertiary/aromatic N) is 2. The van der Waals surface area contributed by atoms with Gasteiger partial charge in [0.2, 0.25) is 5.91 Å². The van der Waals surface area contributed by atoms with Gasteiger partial charge in [-0.05, 0) is 89.1 Å². The maximum absolute atomic E-state index is 13.3. The normalized spacial score (nSPS) is 13.2. The van der Waals surface area contributed by atoms with E-state index in [1.807, 2.05) is 0 Å². The zero-order valence-corrected chi connectivity index (χ0v) is 39.3. The number of esters is 2. The van der Waals surface area contributed by atoms with Crippen LogP contribution in [0.1, 0.15) is 252 Å². The SMILES string of the molecule is CCCCCCC(CCCCCC)CCCOC(=O)CCCCCN(CCCCCC(=O)OCCCC(CCCCCC)CCCCCC)C(=O)CCN1CCCC1. The molecule has 0 aromatic carbocycles. The van der Waals surface area contributed by atoms with Gasteiger partial charge in [-0.1, -0.05) is 169 Å². The summed E-state index contributed by atoms with van der Waals surface area (Å²) in [6.45, 7) is 14.8. The molecule has 0 N–H and O–H groups in total. The summed E-state index contributed by atoms with van der Waals surface area (Å²) in [5.74, 6) is 1.65. The Bertz CT molecular complexity index is 856. The molecule has 1 aliphatic rings. The number of unbranched alkanes of at least 4 members (excludes halogenated alkanes) is 16. The molecule has 1 rings (SSSR count). The fourth-order valence-corrected chi connectivity index (χ4v) is 8.84. The van der Waals surface area contributed by atoms with Gasteiger partial charge in [-0.15, -0.1) is 0 Å². The Morgan fingerprint density at radius 1 is 0.448 bits per heavy atom. The van der Waals surface area contributed by atoms with Crippen LogP contribution in [-0.2, 0) is 23.9 Å². The molecule has 0 spiro atoms. The molecule has 1 aliphatic heterocycles. The fourth-order valence-electron chi connectivity index (χ4n) is 8.84. The van der Waals surface area contributed by atoms with Gasteiger partial charge in [0.15, 0.2) is 0 Å². The third-order valence-electron chi connectivity index (χ3n) is 12.7. The molecule has 1 saturated heterocycles. The van der Waals surface area contributed by atoms with E-state index in [9.17, 15) is 14.4 Å². The molecule has 0 aliphatic carbocycles. The van der Waals surface area contributed by atoms with Crippen molar-refractivity contribution in [2.75, 3.05) is 45.9 Å². The highest BCUT2D eigenvalue weighted by molar-refractivity contribution is 5.76. The summed E-state index contributed by atoms with van der Waals surface area (Å²) >= 11 is 0. The van der Waals surface area contributed by atoms with Crippen LogP contribution in [0.4, 0.5) is 0 Å². The first-order chi connectivity index (χ1) is 28.4. The first-order valence-electron chi connectivity index (χ1n) is 25.7. The van der Waals surface area contributed by atoms with Crippen molar-refractivity contribution in [2.45, 2.75) is 252 Å². The van der Waals surface area contributed by atoms with E-state index < -0.39 is 0 Å². The molecule has 58 heavy (non-hydrogen) atoms. The van der Waals surface area contributed by atoms with Gasteiger partial charge >= 0.3 is 11.9 Å². The lowest BCUT2D eigenvalue weighted by Gasteiger charge is -2.24. The smallest absolute Gasteiger partial charge is 0.305 e. The summed E-state index contributed by atoms with van der Waals surface area (Å²) in [6, 6.07) is 0. The Labute approximate surface area is 360 Å². The molecule has 1 amide bonds. The van der Waals surface area contributed by atoms with Gasteiger partial charge in [0.05, 0.1) is 13.2 Å². The standard InChI is InChI=1S/C51H98N2O5/c1-5-9-13-19-31-47(32-20-14-10-6-2)35-29-45-57-50(55)37-23-17-25-42-53(49(54)39-44-52-40-27-28-41-52)43-26-18-24-38-51(56)58-46-30-36-48(33-21-15-11-7-3)34-22-16-12-8-4/h47-48H,5-46H2,1-4H3. The molecule has 1 fully saturated rings. The lowest BCUT2D eigenvalue weighted by molar-refractivity contribution is -0.144. The molecule has 0 aromatic rings. The molecular formula is C51H98N2O5. The maximum Gasteiger partial charge on any atom is 0.305 e. The molecule has 0 saturated carbocycles. The Morgan fingerprint density at radius 2 is 0.810 bits per heavy atom. The van der Waals surface area contributed by atoms with Crippen molar-refractivity contribution in [3.8, 4) is 0 Å². The first kappa shape index (κ1) is 54.4. The summed E-state index contributed by atoms with van der Waals surface area (Å²) in [7, 11) is 0. The highest BCUT2D eigenvalue weighted by Crippen LogP contribution is 2.24. The topological polar surface area (TPSA) is 76.1 Å². The quantitative estimate of drug-likeness (QED) is 0.0450. The van der Waals surface area contributed by atoms with Crippen LogP contribution in [0.5, 0.6) is 0 Å². The Kier molecular flexibility index (Phi) is 38.2. The van der Waals surface area contributed by atoms with Crippen LogP contribution >= 0.6 is 0 Å². The van der Waals surface area contributed by atoms with Crippen LogP contribution in [0, 0.1) is 11.8 Å². The Hall–Kier alpha value is -1.63. The van der Waals surface area contributed by atoms with Crippen molar-refractivity contribution >= 4 is 17.8 Å². The summed E-state index contributed by atoms with van der Waals surface area (Å²) in [4.78, 5) is 42.8. The minimum absolute atomic E-state index is 0.0701. The van der Waals surface area contributed by atoms with Crippen LogP contribution < -0.4 is 0 Å². The van der Waals surface area contributed by atoms with Crippen LogP contribution in [0.25, 0.3) is 0 Å². The lowest BCUT2D eigenvalue weighted by Crippen LogP contribution is -2.35. The van der Waals surface area contributed by atoms with Crippen molar-refractivity contribution in [1.29, 1.82) is 0 Å². The third-order valence-corrected chi connectivity index (χ3v) is 12.7. The van der Waals surface area contributed by atoms with Crippen molar-refractivity contribution in [3.05, 3.63) is 0 Å². The highest BCUT2D eigenvalue weighted by Gasteiger charge is 2.18. The van der Waals surface area contributed by atoms with Gasteiger partial charge in [0, 0.05) is 38.9 Å². The Balaban J connectivity index is 2.34. The van der Waals surface area contributed by atoms with Crippen molar-refractivity contribution in [1.82, 2.24) is 9.80 Å². The van der Waals surface area contributed by atoms with Crippen LogP contribution in [0.3, 0.4) is 0 Å². The number of carbonyl (C=O) groups is 3. The number of carbonyl (C=O) groups excluding carboxylic acids is 3. The van der Waals surface area contributed by atoms with Crippen molar-refractivity contribution in [2.24, 2.45) is 11.8 Å². The van der Waals surface area contributed by atoms with Gasteiger partial charge in [-0.2, -0.15) is 0 Å². The summed E-state index contributed by atoms with van der Waals surface area (Å²) in [5.41, 5.74) is 0.